The van der Waals surface area contributed by atoms with Crippen molar-refractivity contribution in [1.29, 1.82) is 0 Å². The van der Waals surface area contributed by atoms with E-state index in [0.29, 0.717) is 18.3 Å². The number of ether oxygens (including phenoxy) is 4. The summed E-state index contributed by atoms with van der Waals surface area (Å²) in [6.07, 6.45) is 7.47. The summed E-state index contributed by atoms with van der Waals surface area (Å²) in [7, 11) is 0. The number of allylic oxidation sites excluding steroid dienone is 3. The number of aldehydes is 1. The molecule has 1 unspecified atom stereocenters. The predicted octanol–water partition coefficient (Wildman–Crippen LogP) is 5.00. The normalized spacial score (nSPS) is 42.4. The van der Waals surface area contributed by atoms with E-state index in [-0.39, 0.29) is 36.2 Å². The van der Waals surface area contributed by atoms with E-state index in [2.05, 4.69) is 6.92 Å². The number of fused-ring (bicyclic) bond motifs is 4. The summed E-state index contributed by atoms with van der Waals surface area (Å²) in [6, 6.07) is 0. The fourth-order valence-corrected chi connectivity index (χ4v) is 9.40. The highest BCUT2D eigenvalue weighted by atomic mass is 16.6. The van der Waals surface area contributed by atoms with E-state index < -0.39 is 88.1 Å². The van der Waals surface area contributed by atoms with Crippen molar-refractivity contribution in [1.82, 2.24) is 0 Å². The Morgan fingerprint density at radius 2 is 1.59 bits per heavy atom. The largest absolute Gasteiger partial charge is 0.511 e. The first kappa shape index (κ1) is 36.0. The van der Waals surface area contributed by atoms with Gasteiger partial charge in [0.25, 0.3) is 0 Å². The third-order valence-electron chi connectivity index (χ3n) is 11.3. The fourth-order valence-electron chi connectivity index (χ4n) is 9.40. The molecule has 1 N–H and O–H groups in total. The molecule has 49 heavy (non-hydrogen) atoms. The maximum atomic E-state index is 14.9. The van der Waals surface area contributed by atoms with E-state index in [9.17, 15) is 33.9 Å². The molecule has 0 radical (unpaired) electrons. The number of carbonyl (C=O) groups excluding carboxylic acids is 6. The van der Waals surface area contributed by atoms with Crippen molar-refractivity contribution in [2.45, 2.75) is 98.6 Å². The highest BCUT2D eigenvalue weighted by Crippen LogP contribution is 2.60. The molecule has 4 aliphatic carbocycles. The number of hydrogen-bond acceptors (Lipinski definition) is 11. The van der Waals surface area contributed by atoms with Gasteiger partial charge < -0.3 is 24.1 Å². The summed E-state index contributed by atoms with van der Waals surface area (Å²) in [5.74, 6) is -6.45. The molecule has 11 atom stereocenters. The Morgan fingerprint density at radius 1 is 0.939 bits per heavy atom. The third-order valence-corrected chi connectivity index (χ3v) is 11.3. The second-order valence-electron chi connectivity index (χ2n) is 14.7. The summed E-state index contributed by atoms with van der Waals surface area (Å²) in [6.45, 7) is 13.3. The number of esters is 4. The number of Topliss-reactive ketones (excluding diaryl/α,β-unsaturated/α-hetero) is 1. The molecule has 1 saturated carbocycles. The van der Waals surface area contributed by atoms with Crippen LogP contribution in [0.4, 0.5) is 0 Å². The van der Waals surface area contributed by atoms with Crippen molar-refractivity contribution in [2.75, 3.05) is 0 Å². The van der Waals surface area contributed by atoms with Crippen LogP contribution in [0, 0.1) is 40.9 Å². The van der Waals surface area contributed by atoms with Crippen LogP contribution in [0.3, 0.4) is 0 Å². The first-order chi connectivity index (χ1) is 23.0. The number of aliphatic hydroxyl groups is 1. The summed E-state index contributed by atoms with van der Waals surface area (Å²) >= 11 is 0. The lowest BCUT2D eigenvalue weighted by Crippen LogP contribution is -2.55. The topological polar surface area (TPSA) is 160 Å². The zero-order valence-corrected chi connectivity index (χ0v) is 29.3. The quantitative estimate of drug-likeness (QED) is 0.140. The minimum absolute atomic E-state index is 0.000726. The van der Waals surface area contributed by atoms with Crippen LogP contribution in [0.5, 0.6) is 0 Å². The number of aliphatic hydroxyl groups excluding tert-OH is 1. The molecule has 11 heteroatoms. The van der Waals surface area contributed by atoms with Crippen molar-refractivity contribution in [3.05, 3.63) is 58.4 Å². The average Bonchev–Trinajstić information content (AvgIpc) is 3.25. The second kappa shape index (κ2) is 13.2. The van der Waals surface area contributed by atoms with Crippen LogP contribution in [0.25, 0.3) is 0 Å². The van der Waals surface area contributed by atoms with E-state index in [4.69, 9.17) is 18.9 Å². The van der Waals surface area contributed by atoms with E-state index in [1.54, 1.807) is 13.0 Å². The van der Waals surface area contributed by atoms with Crippen LogP contribution in [-0.4, -0.2) is 65.0 Å². The highest BCUT2D eigenvalue weighted by Gasteiger charge is 2.65. The van der Waals surface area contributed by atoms with E-state index in [0.717, 1.165) is 5.57 Å². The summed E-state index contributed by atoms with van der Waals surface area (Å²) in [5, 5.41) is 12.5. The zero-order valence-electron chi connectivity index (χ0n) is 29.3. The van der Waals surface area contributed by atoms with Gasteiger partial charge in [-0.2, -0.15) is 0 Å². The van der Waals surface area contributed by atoms with Crippen LogP contribution < -0.4 is 0 Å². The Bertz CT molecular complexity index is 1630. The van der Waals surface area contributed by atoms with Crippen LogP contribution in [-0.2, 0) is 47.7 Å². The third kappa shape index (κ3) is 6.10. The average molecular weight is 679 g/mol. The number of ketones is 1. The van der Waals surface area contributed by atoms with Crippen LogP contribution in [0.1, 0.15) is 74.7 Å². The van der Waals surface area contributed by atoms with Crippen LogP contribution >= 0.6 is 0 Å². The van der Waals surface area contributed by atoms with Crippen LogP contribution in [0.2, 0.25) is 0 Å². The molecule has 1 spiro atoms. The molecule has 11 nitrogen and oxygen atoms in total. The molecule has 5 aliphatic rings. The maximum absolute atomic E-state index is 14.9. The Balaban J connectivity index is 1.81. The number of hydrogen-bond donors (Lipinski definition) is 1. The molecular formula is C38H46O11. The molecule has 2 bridgehead atoms. The second-order valence-corrected chi connectivity index (χ2v) is 14.7. The highest BCUT2D eigenvalue weighted by molar-refractivity contribution is 6.26. The molecule has 2 fully saturated rings. The summed E-state index contributed by atoms with van der Waals surface area (Å²) in [4.78, 5) is 78.0. The molecule has 0 aromatic heterocycles. The first-order valence-electron chi connectivity index (χ1n) is 16.9. The lowest BCUT2D eigenvalue weighted by molar-refractivity contribution is -0.165. The molecule has 1 saturated heterocycles. The molecular weight excluding hydrogens is 632 g/mol. The van der Waals surface area contributed by atoms with Gasteiger partial charge in [0.1, 0.15) is 35.9 Å². The summed E-state index contributed by atoms with van der Waals surface area (Å²) < 4.78 is 23.2. The van der Waals surface area contributed by atoms with Gasteiger partial charge in [-0.1, -0.05) is 50.6 Å². The van der Waals surface area contributed by atoms with Crippen molar-refractivity contribution >= 4 is 35.9 Å². The van der Waals surface area contributed by atoms with Crippen LogP contribution in [0.15, 0.2) is 58.4 Å². The van der Waals surface area contributed by atoms with Gasteiger partial charge in [0.05, 0.1) is 5.92 Å². The number of carbonyl (C=O) groups is 6. The molecule has 0 aromatic carbocycles. The number of rotatable bonds is 4. The van der Waals surface area contributed by atoms with Crippen molar-refractivity contribution in [3.63, 3.8) is 0 Å². The van der Waals surface area contributed by atoms with Crippen molar-refractivity contribution < 1.29 is 52.8 Å². The van der Waals surface area contributed by atoms with Crippen molar-refractivity contribution in [3.8, 4) is 0 Å². The summed E-state index contributed by atoms with van der Waals surface area (Å²) in [5.41, 5.74) is -2.45. The standard InChI is InChI=1S/C38H46O11/c1-18-9-12-29(46-22(5)40)19(2)14-28-30(47-23(6)41)15-25(17-39)16-38(28)35(44)31(36(45)49-38)34(43)37(8)27(18)11-10-26-32(37)20(3)13-21(4)33(26)48-24(7)42/h9-11,14-15,17,20-21,26-30,32-33,43H,12-13,16H2,1-8H3/b18-9+,19-14+,34-31-/t20-,21-,26-,27-,28+,29-,30-,32+,33-,37+,38?/m0/s1. The zero-order chi connectivity index (χ0) is 36.2. The van der Waals surface area contributed by atoms with Gasteiger partial charge in [-0.05, 0) is 55.2 Å². The van der Waals surface area contributed by atoms with Gasteiger partial charge in [0.15, 0.2) is 5.60 Å². The SMILES string of the molecule is CC(=O)O[C@@H]1[C@H]2C=C[C@H]3/C(C)=C/C[C@H](OC(C)=O)/C(C)=C/[C@@H]4[C@@H](OC(C)=O)C=C(C=O)CC45OC(=O)/C(=C(\O)[C@@]3(C)[C@@H]2[C@@H](C)C[C@@H]1C)C5=O. The fraction of sp³-hybridized carbons (Fsp3) is 0.579. The molecule has 1 heterocycles. The van der Waals surface area contributed by atoms with E-state index in [1.807, 2.05) is 39.0 Å². The predicted molar refractivity (Wildman–Crippen MR) is 175 cm³/mol. The van der Waals surface area contributed by atoms with Crippen molar-refractivity contribution in [2.24, 2.45) is 40.9 Å². The minimum atomic E-state index is -2.05. The van der Waals surface area contributed by atoms with Gasteiger partial charge in [0.2, 0.25) is 5.78 Å². The molecule has 0 amide bonds. The molecule has 1 aliphatic heterocycles. The first-order valence-corrected chi connectivity index (χ1v) is 16.9. The van der Waals surface area contributed by atoms with Gasteiger partial charge in [-0.3, -0.25) is 24.0 Å². The molecule has 0 aromatic rings. The van der Waals surface area contributed by atoms with Gasteiger partial charge in [-0.15, -0.1) is 0 Å². The van der Waals surface area contributed by atoms with Gasteiger partial charge >= 0.3 is 23.9 Å². The Labute approximate surface area is 286 Å². The lowest BCUT2D eigenvalue weighted by atomic mass is 9.49. The van der Waals surface area contributed by atoms with Gasteiger partial charge in [0, 0.05) is 50.9 Å². The van der Waals surface area contributed by atoms with E-state index in [1.165, 1.54) is 26.8 Å². The van der Waals surface area contributed by atoms with E-state index >= 15 is 0 Å². The Hall–Kier alpha value is -4.28. The molecule has 5 rings (SSSR count). The Kier molecular flexibility index (Phi) is 9.71. The smallest absolute Gasteiger partial charge is 0.346 e. The lowest BCUT2D eigenvalue weighted by Gasteiger charge is -2.56. The molecule has 264 valence electrons. The monoisotopic (exact) mass is 678 g/mol. The maximum Gasteiger partial charge on any atom is 0.346 e. The van der Waals surface area contributed by atoms with Gasteiger partial charge in [-0.25, -0.2) is 4.79 Å². The Morgan fingerprint density at radius 3 is 2.20 bits per heavy atom. The minimum Gasteiger partial charge on any atom is -0.511 e.